The van der Waals surface area contributed by atoms with E-state index in [2.05, 4.69) is 20.2 Å². The van der Waals surface area contributed by atoms with Crippen LogP contribution in [-0.2, 0) is 20.0 Å². The molecule has 0 bridgehead atoms. The zero-order valence-corrected chi connectivity index (χ0v) is 17.3. The number of carbonyl (C=O) groups is 1. The van der Waals surface area contributed by atoms with Crippen LogP contribution in [0.15, 0.2) is 29.2 Å². The van der Waals surface area contributed by atoms with Crippen molar-refractivity contribution in [2.24, 2.45) is 0 Å². The molecule has 2 N–H and O–H groups in total. The Labute approximate surface area is 161 Å². The SMILES string of the molecule is CCN(CC)S(=O)(=O)c1cccc(C(=O)Nc2nnc(NS(C)(=O)=O)s2)c1. The van der Waals surface area contributed by atoms with Gasteiger partial charge in [0.2, 0.25) is 30.3 Å². The molecule has 0 saturated heterocycles. The highest BCUT2D eigenvalue weighted by Gasteiger charge is 2.22. The van der Waals surface area contributed by atoms with Crippen LogP contribution in [0.1, 0.15) is 24.2 Å². The van der Waals surface area contributed by atoms with Gasteiger partial charge >= 0.3 is 0 Å². The van der Waals surface area contributed by atoms with Crippen molar-refractivity contribution in [3.63, 3.8) is 0 Å². The van der Waals surface area contributed by atoms with E-state index in [9.17, 15) is 21.6 Å². The molecule has 0 aliphatic heterocycles. The zero-order valence-electron chi connectivity index (χ0n) is 14.8. The number of anilines is 2. The first-order chi connectivity index (χ1) is 12.6. The molecule has 2 aromatic rings. The fraction of sp³-hybridized carbons (Fsp3) is 0.357. The van der Waals surface area contributed by atoms with Crippen LogP contribution in [0.4, 0.5) is 10.3 Å². The molecular weight excluding hydrogens is 414 g/mol. The first kappa shape index (κ1) is 21.2. The second-order valence-corrected chi connectivity index (χ2v) is 10.0. The van der Waals surface area contributed by atoms with Gasteiger partial charge in [-0.2, -0.15) is 4.31 Å². The lowest BCUT2D eigenvalue weighted by Crippen LogP contribution is -2.30. The third-order valence-electron chi connectivity index (χ3n) is 3.36. The predicted octanol–water partition coefficient (Wildman–Crippen LogP) is 1.19. The maximum absolute atomic E-state index is 12.6. The van der Waals surface area contributed by atoms with Gasteiger partial charge in [-0.1, -0.05) is 31.3 Å². The van der Waals surface area contributed by atoms with Crippen LogP contribution in [0.25, 0.3) is 0 Å². The molecule has 148 valence electrons. The lowest BCUT2D eigenvalue weighted by molar-refractivity contribution is 0.102. The van der Waals surface area contributed by atoms with Crippen molar-refractivity contribution in [2.45, 2.75) is 18.7 Å². The lowest BCUT2D eigenvalue weighted by Gasteiger charge is -2.18. The second kappa shape index (κ2) is 8.29. The molecule has 13 heteroatoms. The molecule has 0 spiro atoms. The summed E-state index contributed by atoms with van der Waals surface area (Å²) in [4.78, 5) is 12.4. The number of hydrogen-bond acceptors (Lipinski definition) is 8. The van der Waals surface area contributed by atoms with Gasteiger partial charge in [0, 0.05) is 18.7 Å². The summed E-state index contributed by atoms with van der Waals surface area (Å²) in [7, 11) is -7.20. The van der Waals surface area contributed by atoms with E-state index in [1.807, 2.05) is 0 Å². The Bertz CT molecular complexity index is 1030. The van der Waals surface area contributed by atoms with Gasteiger partial charge in [-0.3, -0.25) is 14.8 Å². The fourth-order valence-corrected chi connectivity index (χ4v) is 5.13. The number of rotatable bonds is 8. The van der Waals surface area contributed by atoms with Gasteiger partial charge in [0.15, 0.2) is 0 Å². The average molecular weight is 434 g/mol. The van der Waals surface area contributed by atoms with E-state index >= 15 is 0 Å². The molecule has 10 nitrogen and oxygen atoms in total. The van der Waals surface area contributed by atoms with Crippen LogP contribution >= 0.6 is 11.3 Å². The molecule has 0 atom stereocenters. The van der Waals surface area contributed by atoms with Gasteiger partial charge in [-0.15, -0.1) is 10.2 Å². The number of benzene rings is 1. The monoisotopic (exact) mass is 433 g/mol. The minimum atomic E-state index is -3.70. The smallest absolute Gasteiger partial charge is 0.257 e. The number of carbonyl (C=O) groups excluding carboxylic acids is 1. The quantitative estimate of drug-likeness (QED) is 0.637. The Morgan fingerprint density at radius 2 is 1.74 bits per heavy atom. The van der Waals surface area contributed by atoms with Crippen molar-refractivity contribution >= 4 is 47.6 Å². The molecule has 0 saturated carbocycles. The molecule has 27 heavy (non-hydrogen) atoms. The Hall–Kier alpha value is -2.09. The largest absolute Gasteiger partial charge is 0.296 e. The van der Waals surface area contributed by atoms with Crippen LogP contribution < -0.4 is 10.0 Å². The molecule has 1 amide bonds. The maximum atomic E-state index is 12.6. The van der Waals surface area contributed by atoms with Crippen LogP contribution in [-0.4, -0.2) is 56.6 Å². The number of nitrogens with zero attached hydrogens (tertiary/aromatic N) is 3. The summed E-state index contributed by atoms with van der Waals surface area (Å²) < 4.78 is 50.9. The number of hydrogen-bond donors (Lipinski definition) is 2. The van der Waals surface area contributed by atoms with Gasteiger partial charge < -0.3 is 0 Å². The van der Waals surface area contributed by atoms with Crippen molar-refractivity contribution in [2.75, 3.05) is 29.4 Å². The lowest BCUT2D eigenvalue weighted by atomic mass is 10.2. The number of nitrogens with one attached hydrogen (secondary N) is 2. The Kier molecular flexibility index (Phi) is 6.51. The summed E-state index contributed by atoms with van der Waals surface area (Å²) in [5.74, 6) is -0.589. The summed E-state index contributed by atoms with van der Waals surface area (Å²) in [5.41, 5.74) is 0.121. The van der Waals surface area contributed by atoms with Gasteiger partial charge in [-0.05, 0) is 18.2 Å². The summed E-state index contributed by atoms with van der Waals surface area (Å²) in [5, 5.41) is 9.83. The minimum absolute atomic E-state index is 0.00524. The molecule has 1 aromatic heterocycles. The van der Waals surface area contributed by atoms with Gasteiger partial charge in [0.05, 0.1) is 11.2 Å². The third kappa shape index (κ3) is 5.45. The second-order valence-electron chi connectivity index (χ2n) is 5.36. The predicted molar refractivity (Wildman–Crippen MR) is 103 cm³/mol. The zero-order chi connectivity index (χ0) is 20.2. The van der Waals surface area contributed by atoms with Crippen molar-refractivity contribution in [3.05, 3.63) is 29.8 Å². The molecule has 0 aliphatic rings. The highest BCUT2D eigenvalue weighted by atomic mass is 32.2. The van der Waals surface area contributed by atoms with Gasteiger partial charge in [0.1, 0.15) is 0 Å². The van der Waals surface area contributed by atoms with Crippen molar-refractivity contribution in [3.8, 4) is 0 Å². The first-order valence-corrected chi connectivity index (χ1v) is 11.9. The molecule has 1 aromatic carbocycles. The summed E-state index contributed by atoms with van der Waals surface area (Å²) in [6.07, 6.45) is 0.967. The highest BCUT2D eigenvalue weighted by Crippen LogP contribution is 2.22. The number of aromatic nitrogens is 2. The fourth-order valence-electron chi connectivity index (χ4n) is 2.15. The van der Waals surface area contributed by atoms with E-state index in [1.54, 1.807) is 13.8 Å². The molecule has 0 unspecified atom stereocenters. The topological polar surface area (TPSA) is 138 Å². The first-order valence-electron chi connectivity index (χ1n) is 7.79. The molecule has 1 heterocycles. The molecule has 0 aliphatic carbocycles. The Morgan fingerprint density at radius 3 is 2.33 bits per heavy atom. The molecule has 0 radical (unpaired) electrons. The summed E-state index contributed by atoms with van der Waals surface area (Å²) in [6.45, 7) is 4.09. The van der Waals surface area contributed by atoms with E-state index < -0.39 is 26.0 Å². The number of amides is 1. The third-order valence-corrected chi connectivity index (χ3v) is 6.85. The van der Waals surface area contributed by atoms with Crippen molar-refractivity contribution in [1.82, 2.24) is 14.5 Å². The van der Waals surface area contributed by atoms with Crippen molar-refractivity contribution < 1.29 is 21.6 Å². The van der Waals surface area contributed by atoms with E-state index in [0.717, 1.165) is 17.6 Å². The maximum Gasteiger partial charge on any atom is 0.257 e. The van der Waals surface area contributed by atoms with Crippen LogP contribution in [0, 0.1) is 0 Å². The van der Waals surface area contributed by atoms with E-state index in [4.69, 9.17) is 0 Å². The summed E-state index contributed by atoms with van der Waals surface area (Å²) >= 11 is 0.834. The molecular formula is C14H19N5O5S3. The average Bonchev–Trinajstić information content (AvgIpc) is 3.00. The Balaban J connectivity index is 2.21. The van der Waals surface area contributed by atoms with Crippen LogP contribution in [0.3, 0.4) is 0 Å². The van der Waals surface area contributed by atoms with Gasteiger partial charge in [0.25, 0.3) is 5.91 Å². The van der Waals surface area contributed by atoms with E-state index in [-0.39, 0.29) is 20.7 Å². The normalized spacial score (nSPS) is 12.1. The highest BCUT2D eigenvalue weighted by molar-refractivity contribution is 7.92. The molecule has 0 fully saturated rings. The van der Waals surface area contributed by atoms with E-state index in [1.165, 1.54) is 28.6 Å². The van der Waals surface area contributed by atoms with E-state index in [0.29, 0.717) is 13.1 Å². The standard InChI is InChI=1S/C14H19N5O5S3/c1-4-19(5-2)27(23,24)11-8-6-7-10(9-11)12(20)15-13-16-17-14(25-13)18-26(3,21)22/h6-9H,4-5H2,1-3H3,(H,17,18)(H,15,16,20). The van der Waals surface area contributed by atoms with Crippen LogP contribution in [0.2, 0.25) is 0 Å². The Morgan fingerprint density at radius 1 is 1.11 bits per heavy atom. The van der Waals surface area contributed by atoms with Gasteiger partial charge in [-0.25, -0.2) is 16.8 Å². The van der Waals surface area contributed by atoms with Crippen LogP contribution in [0.5, 0.6) is 0 Å². The molecule has 2 rings (SSSR count). The van der Waals surface area contributed by atoms with Crippen molar-refractivity contribution in [1.29, 1.82) is 0 Å². The minimum Gasteiger partial charge on any atom is -0.296 e. The number of sulfonamides is 2. The summed E-state index contributed by atoms with van der Waals surface area (Å²) in [6, 6.07) is 5.64.